The minimum absolute atomic E-state index is 0.109. The first kappa shape index (κ1) is 22.4. The van der Waals surface area contributed by atoms with E-state index >= 15 is 4.79 Å². The van der Waals surface area contributed by atoms with Crippen molar-refractivity contribution >= 4 is 11.6 Å². The highest BCUT2D eigenvalue weighted by molar-refractivity contribution is 6.18. The van der Waals surface area contributed by atoms with Crippen molar-refractivity contribution < 1.29 is 9.53 Å². The molecule has 1 saturated heterocycles. The van der Waals surface area contributed by atoms with E-state index in [1.54, 1.807) is 0 Å². The third-order valence-electron chi connectivity index (χ3n) is 8.96. The molecule has 0 N–H and O–H groups in total. The molecule has 8 rings (SSSR count). The minimum Gasteiger partial charge on any atom is -0.494 e. The van der Waals surface area contributed by atoms with Crippen LogP contribution < -0.4 is 9.64 Å². The molecule has 1 heterocycles. The monoisotopic (exact) mass is 505 g/mol. The summed E-state index contributed by atoms with van der Waals surface area (Å²) in [6.07, 6.45) is 0.823. The number of β-lactam (4-membered cyclic amide) rings is 1. The fraction of sp³-hybridized carbons (Fsp3) is 0.139. The Balaban J connectivity index is 1.52. The van der Waals surface area contributed by atoms with Gasteiger partial charge in [0.25, 0.3) is 0 Å². The SMILES string of the molecule is CCOc1ccc(N2C(=O)C3(c4ccccc4Cc4ccccc43)C23c2ccccc2-c2ccccc23)cc1. The molecule has 0 atom stereocenters. The van der Waals surface area contributed by atoms with Crippen molar-refractivity contribution in [3.63, 3.8) is 0 Å². The molecule has 1 fully saturated rings. The highest BCUT2D eigenvalue weighted by Crippen LogP contribution is 2.70. The smallest absolute Gasteiger partial charge is 0.246 e. The molecule has 39 heavy (non-hydrogen) atoms. The van der Waals surface area contributed by atoms with E-state index in [-0.39, 0.29) is 5.91 Å². The zero-order chi connectivity index (χ0) is 26.2. The second kappa shape index (κ2) is 7.94. The molecular weight excluding hydrogens is 478 g/mol. The molecule has 0 bridgehead atoms. The van der Waals surface area contributed by atoms with Crippen molar-refractivity contribution in [1.29, 1.82) is 0 Å². The van der Waals surface area contributed by atoms with E-state index in [4.69, 9.17) is 4.74 Å². The molecule has 1 amide bonds. The molecule has 2 spiro atoms. The highest BCUT2D eigenvalue weighted by atomic mass is 16.5. The standard InChI is InChI=1S/C36H27NO2/c1-2-39-27-21-19-26(20-22-27)37-34(38)35(30-15-7-3-11-24(30)23-25-12-4-8-16-31(25)35)36(37)32-17-9-5-13-28(32)29-14-6-10-18-33(29)36/h3-22H,2,23H2,1H3. The van der Waals surface area contributed by atoms with Crippen molar-refractivity contribution in [2.24, 2.45) is 0 Å². The quantitative estimate of drug-likeness (QED) is 0.242. The van der Waals surface area contributed by atoms with Crippen LogP contribution in [0.5, 0.6) is 5.75 Å². The molecule has 0 aromatic heterocycles. The second-order valence-corrected chi connectivity index (χ2v) is 10.6. The molecule has 3 aliphatic rings. The second-order valence-electron chi connectivity index (χ2n) is 10.6. The molecule has 5 aromatic carbocycles. The molecule has 3 nitrogen and oxygen atoms in total. The Hall–Kier alpha value is -4.63. The first-order valence-corrected chi connectivity index (χ1v) is 13.7. The van der Waals surface area contributed by atoms with Gasteiger partial charge in [-0.3, -0.25) is 9.69 Å². The number of hydrogen-bond acceptors (Lipinski definition) is 2. The first-order chi connectivity index (χ1) is 19.2. The van der Waals surface area contributed by atoms with E-state index in [1.165, 1.54) is 33.4 Å². The lowest BCUT2D eigenvalue weighted by atomic mass is 9.47. The van der Waals surface area contributed by atoms with Crippen LogP contribution in [0.25, 0.3) is 11.1 Å². The van der Waals surface area contributed by atoms with Gasteiger partial charge in [0.15, 0.2) is 0 Å². The van der Waals surface area contributed by atoms with E-state index in [0.29, 0.717) is 6.61 Å². The maximum absolute atomic E-state index is 15.2. The molecule has 0 radical (unpaired) electrons. The number of carbonyl (C=O) groups excluding carboxylic acids is 1. The van der Waals surface area contributed by atoms with Crippen LogP contribution in [0.15, 0.2) is 121 Å². The van der Waals surface area contributed by atoms with Crippen LogP contribution >= 0.6 is 0 Å². The van der Waals surface area contributed by atoms with E-state index in [0.717, 1.165) is 29.0 Å². The predicted molar refractivity (Wildman–Crippen MR) is 154 cm³/mol. The van der Waals surface area contributed by atoms with E-state index in [2.05, 4.69) is 102 Å². The van der Waals surface area contributed by atoms with Crippen LogP contribution in [0.2, 0.25) is 0 Å². The van der Waals surface area contributed by atoms with Crippen LogP contribution in [0.3, 0.4) is 0 Å². The Kier molecular flexibility index (Phi) is 4.55. The lowest BCUT2D eigenvalue weighted by Crippen LogP contribution is -2.79. The number of hydrogen-bond donors (Lipinski definition) is 0. The Labute approximate surface area is 228 Å². The topological polar surface area (TPSA) is 29.5 Å². The highest BCUT2D eigenvalue weighted by Gasteiger charge is 2.77. The molecule has 0 saturated carbocycles. The molecule has 1 aliphatic heterocycles. The molecule has 0 unspecified atom stereocenters. The zero-order valence-electron chi connectivity index (χ0n) is 21.7. The van der Waals surface area contributed by atoms with Gasteiger partial charge in [-0.25, -0.2) is 0 Å². The fourth-order valence-corrected chi connectivity index (χ4v) is 7.67. The number of anilines is 1. The van der Waals surface area contributed by atoms with Crippen molar-refractivity contribution in [3.8, 4) is 16.9 Å². The number of carbonyl (C=O) groups is 1. The summed E-state index contributed by atoms with van der Waals surface area (Å²) in [5.41, 5.74) is 8.64. The summed E-state index contributed by atoms with van der Waals surface area (Å²) < 4.78 is 5.75. The summed E-state index contributed by atoms with van der Waals surface area (Å²) in [5, 5.41) is 0. The van der Waals surface area contributed by atoms with Gasteiger partial charge in [-0.1, -0.05) is 97.1 Å². The zero-order valence-corrected chi connectivity index (χ0v) is 21.7. The number of amides is 1. The third-order valence-corrected chi connectivity index (χ3v) is 8.96. The van der Waals surface area contributed by atoms with Crippen LogP contribution in [0, 0.1) is 0 Å². The number of ether oxygens (including phenoxy) is 1. The number of rotatable bonds is 3. The van der Waals surface area contributed by atoms with Gasteiger partial charge in [0.05, 0.1) is 6.61 Å². The summed E-state index contributed by atoms with van der Waals surface area (Å²) in [6.45, 7) is 2.58. The van der Waals surface area contributed by atoms with Gasteiger partial charge in [0.1, 0.15) is 16.7 Å². The van der Waals surface area contributed by atoms with Crippen LogP contribution in [0.1, 0.15) is 40.3 Å². The van der Waals surface area contributed by atoms with Crippen molar-refractivity contribution in [3.05, 3.63) is 155 Å². The maximum atomic E-state index is 15.2. The molecular formula is C36H27NO2. The van der Waals surface area contributed by atoms with E-state index in [1.807, 2.05) is 31.2 Å². The average molecular weight is 506 g/mol. The summed E-state index contributed by atoms with van der Waals surface area (Å²) >= 11 is 0. The average Bonchev–Trinajstić information content (AvgIpc) is 3.29. The lowest BCUT2D eigenvalue weighted by Gasteiger charge is -2.66. The Morgan fingerprint density at radius 1 is 0.641 bits per heavy atom. The van der Waals surface area contributed by atoms with Gasteiger partial charge in [0, 0.05) is 5.69 Å². The maximum Gasteiger partial charge on any atom is 0.246 e. The van der Waals surface area contributed by atoms with Crippen molar-refractivity contribution in [2.45, 2.75) is 24.3 Å². The summed E-state index contributed by atoms with van der Waals surface area (Å²) in [7, 11) is 0. The van der Waals surface area contributed by atoms with Gasteiger partial charge in [-0.2, -0.15) is 0 Å². The van der Waals surface area contributed by atoms with Crippen LogP contribution in [-0.4, -0.2) is 12.5 Å². The minimum atomic E-state index is -0.889. The Morgan fingerprint density at radius 2 is 1.13 bits per heavy atom. The lowest BCUT2D eigenvalue weighted by molar-refractivity contribution is -0.134. The normalized spacial score (nSPS) is 16.7. The number of fused-ring (bicyclic) bond motifs is 10. The van der Waals surface area contributed by atoms with Crippen molar-refractivity contribution in [2.75, 3.05) is 11.5 Å². The molecule has 188 valence electrons. The van der Waals surface area contributed by atoms with Crippen LogP contribution in [-0.2, 0) is 22.2 Å². The van der Waals surface area contributed by atoms with E-state index in [9.17, 15) is 0 Å². The van der Waals surface area contributed by atoms with E-state index < -0.39 is 11.0 Å². The Morgan fingerprint density at radius 3 is 1.67 bits per heavy atom. The Bertz CT molecular complexity index is 1690. The third kappa shape index (κ3) is 2.55. The van der Waals surface area contributed by atoms with Crippen molar-refractivity contribution in [1.82, 2.24) is 0 Å². The van der Waals surface area contributed by atoms with Gasteiger partial charge >= 0.3 is 0 Å². The molecule has 5 aromatic rings. The number of nitrogens with zero attached hydrogens (tertiary/aromatic N) is 1. The largest absolute Gasteiger partial charge is 0.494 e. The van der Waals surface area contributed by atoms with Gasteiger partial charge in [-0.15, -0.1) is 0 Å². The first-order valence-electron chi connectivity index (χ1n) is 13.7. The molecule has 2 aliphatic carbocycles. The predicted octanol–water partition coefficient (Wildman–Crippen LogP) is 7.25. The van der Waals surface area contributed by atoms with Gasteiger partial charge < -0.3 is 4.74 Å². The van der Waals surface area contributed by atoms with Gasteiger partial charge in [-0.05, 0) is 82.1 Å². The summed E-state index contributed by atoms with van der Waals surface area (Å²) in [5.74, 6) is 0.913. The number of benzene rings is 5. The van der Waals surface area contributed by atoms with Gasteiger partial charge in [0.2, 0.25) is 5.91 Å². The fourth-order valence-electron chi connectivity index (χ4n) is 7.67. The summed E-state index contributed by atoms with van der Waals surface area (Å²) in [6, 6.07) is 42.4. The molecule has 3 heteroatoms. The van der Waals surface area contributed by atoms with Crippen LogP contribution in [0.4, 0.5) is 5.69 Å². The summed E-state index contributed by atoms with van der Waals surface area (Å²) in [4.78, 5) is 17.2.